The summed E-state index contributed by atoms with van der Waals surface area (Å²) in [5.74, 6) is 1.64. The molecule has 0 N–H and O–H groups in total. The SMILES string of the molecule is CC(=O)OC1CC=CCC(OC(=O)C=Cc2coc(C)n2)CC2C(C)=CCC(C(C)C)C2C1. The summed E-state index contributed by atoms with van der Waals surface area (Å²) < 4.78 is 16.7. The van der Waals surface area contributed by atoms with Crippen LogP contribution in [-0.2, 0) is 19.1 Å². The van der Waals surface area contributed by atoms with Gasteiger partial charge in [0.1, 0.15) is 24.2 Å². The molecule has 0 aliphatic heterocycles. The molecular weight excluding hydrogens is 418 g/mol. The number of nitrogens with zero attached hydrogens (tertiary/aromatic N) is 1. The fourth-order valence-electron chi connectivity index (χ4n) is 5.27. The molecule has 0 radical (unpaired) electrons. The van der Waals surface area contributed by atoms with E-state index in [1.165, 1.54) is 24.8 Å². The molecule has 0 bridgehead atoms. The number of aromatic nitrogens is 1. The maximum atomic E-state index is 12.6. The topological polar surface area (TPSA) is 78.6 Å². The van der Waals surface area contributed by atoms with E-state index in [1.807, 2.05) is 6.08 Å². The van der Waals surface area contributed by atoms with Gasteiger partial charge in [-0.15, -0.1) is 0 Å². The first-order chi connectivity index (χ1) is 15.7. The number of esters is 2. The van der Waals surface area contributed by atoms with Gasteiger partial charge in [-0.05, 0) is 55.9 Å². The molecule has 6 heteroatoms. The summed E-state index contributed by atoms with van der Waals surface area (Å²) in [6.45, 7) is 9.96. The highest BCUT2D eigenvalue weighted by Gasteiger charge is 2.38. The third-order valence-electron chi connectivity index (χ3n) is 6.88. The molecule has 1 aromatic rings. The monoisotopic (exact) mass is 455 g/mol. The van der Waals surface area contributed by atoms with Crippen LogP contribution < -0.4 is 0 Å². The number of aryl methyl sites for hydroxylation is 1. The van der Waals surface area contributed by atoms with Crippen molar-refractivity contribution in [1.29, 1.82) is 0 Å². The Balaban J connectivity index is 1.79. The molecule has 1 aromatic heterocycles. The van der Waals surface area contributed by atoms with Crippen LogP contribution in [0.3, 0.4) is 0 Å². The van der Waals surface area contributed by atoms with Gasteiger partial charge in [0, 0.05) is 32.8 Å². The van der Waals surface area contributed by atoms with Crippen LogP contribution in [0.4, 0.5) is 0 Å². The van der Waals surface area contributed by atoms with Gasteiger partial charge in [-0.3, -0.25) is 4.79 Å². The van der Waals surface area contributed by atoms with E-state index in [2.05, 4.69) is 37.9 Å². The third kappa shape index (κ3) is 7.18. The van der Waals surface area contributed by atoms with Gasteiger partial charge in [-0.25, -0.2) is 9.78 Å². The predicted molar refractivity (Wildman–Crippen MR) is 127 cm³/mol. The second kappa shape index (κ2) is 11.5. The highest BCUT2D eigenvalue weighted by atomic mass is 16.5. The highest BCUT2D eigenvalue weighted by molar-refractivity contribution is 5.86. The number of carbonyl (C=O) groups is 2. The Kier molecular flexibility index (Phi) is 8.70. The number of ether oxygens (including phenoxy) is 2. The number of rotatable bonds is 5. The fourth-order valence-corrected chi connectivity index (χ4v) is 5.27. The van der Waals surface area contributed by atoms with E-state index in [9.17, 15) is 9.59 Å². The molecule has 5 unspecified atom stereocenters. The standard InChI is InChI=1S/C27H37NO5/c1-17(2)24-12-10-18(3)25-14-23(33-27(30)13-11-21-16-31-19(4)28-21)9-7-6-8-22(15-26(24)25)32-20(5)29/h6-7,10-11,13,16-17,22-26H,8-9,12,14-15H2,1-5H3. The van der Waals surface area contributed by atoms with Crippen molar-refractivity contribution >= 4 is 18.0 Å². The van der Waals surface area contributed by atoms with Crippen LogP contribution in [0.15, 0.2) is 40.6 Å². The summed E-state index contributed by atoms with van der Waals surface area (Å²) in [6.07, 6.45) is 14.6. The Bertz CT molecular complexity index is 909. The molecule has 0 spiro atoms. The number of fused-ring (bicyclic) bond motifs is 1. The lowest BCUT2D eigenvalue weighted by atomic mass is 9.64. The maximum absolute atomic E-state index is 12.6. The quantitative estimate of drug-likeness (QED) is 0.316. The predicted octanol–water partition coefficient (Wildman–Crippen LogP) is 5.82. The van der Waals surface area contributed by atoms with Crippen LogP contribution in [0, 0.1) is 30.6 Å². The smallest absolute Gasteiger partial charge is 0.331 e. The van der Waals surface area contributed by atoms with Crippen molar-refractivity contribution in [3.63, 3.8) is 0 Å². The zero-order valence-electron chi connectivity index (χ0n) is 20.5. The van der Waals surface area contributed by atoms with Crippen molar-refractivity contribution < 1.29 is 23.5 Å². The average Bonchev–Trinajstić information content (AvgIpc) is 3.16. The first-order valence-electron chi connectivity index (χ1n) is 12.0. The first kappa shape index (κ1) is 25.0. The molecule has 0 saturated carbocycles. The second-order valence-electron chi connectivity index (χ2n) is 9.69. The summed E-state index contributed by atoms with van der Waals surface area (Å²) in [5, 5.41) is 0. The van der Waals surface area contributed by atoms with E-state index in [1.54, 1.807) is 13.0 Å². The summed E-state index contributed by atoms with van der Waals surface area (Å²) in [4.78, 5) is 28.5. The van der Waals surface area contributed by atoms with Crippen molar-refractivity contribution in [2.45, 2.75) is 78.9 Å². The van der Waals surface area contributed by atoms with Crippen LogP contribution >= 0.6 is 0 Å². The minimum atomic E-state index is -0.377. The molecule has 3 rings (SSSR count). The molecule has 5 atom stereocenters. The van der Waals surface area contributed by atoms with E-state index in [0.29, 0.717) is 42.2 Å². The first-order valence-corrected chi connectivity index (χ1v) is 12.0. The van der Waals surface area contributed by atoms with Crippen molar-refractivity contribution in [2.75, 3.05) is 0 Å². The molecule has 2 aliphatic rings. The number of carbonyl (C=O) groups excluding carboxylic acids is 2. The Hall–Kier alpha value is -2.63. The summed E-state index contributed by atoms with van der Waals surface area (Å²) in [5.41, 5.74) is 1.94. The van der Waals surface area contributed by atoms with Crippen molar-refractivity contribution in [3.8, 4) is 0 Å². The van der Waals surface area contributed by atoms with Crippen LogP contribution in [-0.4, -0.2) is 29.1 Å². The van der Waals surface area contributed by atoms with Gasteiger partial charge < -0.3 is 13.9 Å². The van der Waals surface area contributed by atoms with Gasteiger partial charge in [-0.2, -0.15) is 0 Å². The van der Waals surface area contributed by atoms with E-state index in [4.69, 9.17) is 13.9 Å². The lowest BCUT2D eigenvalue weighted by molar-refractivity contribution is -0.148. The average molecular weight is 456 g/mol. The van der Waals surface area contributed by atoms with Gasteiger partial charge in [0.05, 0.1) is 0 Å². The lowest BCUT2D eigenvalue weighted by Gasteiger charge is -2.42. The summed E-state index contributed by atoms with van der Waals surface area (Å²) in [7, 11) is 0. The molecule has 2 aliphatic carbocycles. The summed E-state index contributed by atoms with van der Waals surface area (Å²) >= 11 is 0. The van der Waals surface area contributed by atoms with Crippen LogP contribution in [0.5, 0.6) is 0 Å². The molecule has 0 saturated heterocycles. The Morgan fingerprint density at radius 2 is 1.79 bits per heavy atom. The van der Waals surface area contributed by atoms with E-state index in [-0.39, 0.29) is 30.1 Å². The lowest BCUT2D eigenvalue weighted by Crippen LogP contribution is -2.37. The Morgan fingerprint density at radius 3 is 2.39 bits per heavy atom. The Morgan fingerprint density at radius 1 is 1.09 bits per heavy atom. The second-order valence-corrected chi connectivity index (χ2v) is 9.69. The largest absolute Gasteiger partial charge is 0.462 e. The summed E-state index contributed by atoms with van der Waals surface area (Å²) in [6, 6.07) is 0. The number of oxazole rings is 1. The molecular formula is C27H37NO5. The van der Waals surface area contributed by atoms with Gasteiger partial charge >= 0.3 is 11.9 Å². The van der Waals surface area contributed by atoms with E-state index < -0.39 is 0 Å². The normalized spacial score (nSPS) is 28.3. The van der Waals surface area contributed by atoms with E-state index in [0.717, 1.165) is 19.3 Å². The fraction of sp³-hybridized carbons (Fsp3) is 0.593. The van der Waals surface area contributed by atoms with Gasteiger partial charge in [-0.1, -0.05) is 37.6 Å². The van der Waals surface area contributed by atoms with Gasteiger partial charge in [0.15, 0.2) is 5.89 Å². The van der Waals surface area contributed by atoms with Crippen LogP contribution in [0.25, 0.3) is 6.08 Å². The molecule has 1 heterocycles. The van der Waals surface area contributed by atoms with Crippen LogP contribution in [0.2, 0.25) is 0 Å². The number of hydrogen-bond acceptors (Lipinski definition) is 6. The third-order valence-corrected chi connectivity index (χ3v) is 6.88. The minimum Gasteiger partial charge on any atom is -0.462 e. The molecule has 0 aromatic carbocycles. The molecule has 6 nitrogen and oxygen atoms in total. The van der Waals surface area contributed by atoms with E-state index >= 15 is 0 Å². The highest BCUT2D eigenvalue weighted by Crippen LogP contribution is 2.44. The Labute approximate surface area is 197 Å². The van der Waals surface area contributed by atoms with Crippen molar-refractivity contribution in [3.05, 3.63) is 47.7 Å². The van der Waals surface area contributed by atoms with Gasteiger partial charge in [0.25, 0.3) is 0 Å². The van der Waals surface area contributed by atoms with Gasteiger partial charge in [0.2, 0.25) is 0 Å². The zero-order valence-corrected chi connectivity index (χ0v) is 20.5. The van der Waals surface area contributed by atoms with Crippen molar-refractivity contribution in [1.82, 2.24) is 4.98 Å². The number of hydrogen-bond donors (Lipinski definition) is 0. The molecule has 0 amide bonds. The molecule has 180 valence electrons. The van der Waals surface area contributed by atoms with Crippen LogP contribution in [0.1, 0.15) is 71.4 Å². The molecule has 33 heavy (non-hydrogen) atoms. The maximum Gasteiger partial charge on any atom is 0.331 e. The number of allylic oxidation sites excluding steroid dienone is 2. The molecule has 0 fully saturated rings. The van der Waals surface area contributed by atoms with Crippen molar-refractivity contribution in [2.24, 2.45) is 23.7 Å². The zero-order chi connectivity index (χ0) is 24.0. The minimum absolute atomic E-state index is 0.119.